The molecule has 0 aromatic heterocycles. The molecule has 208 valence electrons. The Hall–Kier alpha value is -3.42. The van der Waals surface area contributed by atoms with Crippen molar-refractivity contribution in [3.63, 3.8) is 0 Å². The number of carbonyl (C=O) groups is 4. The molecule has 8 heteroatoms. The van der Waals surface area contributed by atoms with Crippen LogP contribution in [0, 0.1) is 17.8 Å². The zero-order valence-electron chi connectivity index (χ0n) is 23.7. The topological polar surface area (TPSA) is 99.2 Å². The highest BCUT2D eigenvalue weighted by atomic mass is 16.6. The first-order valence-corrected chi connectivity index (χ1v) is 13.0. The molecule has 1 aliphatic heterocycles. The largest absolute Gasteiger partial charge is 0.462 e. The summed E-state index contributed by atoms with van der Waals surface area (Å²) in [5.41, 5.74) is 1.64. The van der Waals surface area contributed by atoms with Crippen molar-refractivity contribution in [3.8, 4) is 0 Å². The van der Waals surface area contributed by atoms with E-state index in [-0.39, 0.29) is 30.1 Å². The number of hydrogen-bond acceptors (Lipinski definition) is 7. The molecule has 0 N–H and O–H groups in total. The average molecular weight is 528 g/mol. The summed E-state index contributed by atoms with van der Waals surface area (Å²) in [6.07, 6.45) is 3.40. The van der Waals surface area contributed by atoms with E-state index >= 15 is 0 Å². The van der Waals surface area contributed by atoms with Crippen LogP contribution >= 0.6 is 0 Å². The lowest BCUT2D eigenvalue weighted by Gasteiger charge is -2.33. The van der Waals surface area contributed by atoms with Crippen molar-refractivity contribution in [2.75, 3.05) is 7.05 Å². The average Bonchev–Trinajstić information content (AvgIpc) is 2.86. The van der Waals surface area contributed by atoms with Crippen LogP contribution in [0.25, 0.3) is 0 Å². The third-order valence-electron chi connectivity index (χ3n) is 7.03. The van der Waals surface area contributed by atoms with Crippen molar-refractivity contribution in [2.24, 2.45) is 17.8 Å². The molecule has 0 radical (unpaired) electrons. The highest BCUT2D eigenvalue weighted by Gasteiger charge is 2.35. The van der Waals surface area contributed by atoms with Crippen molar-refractivity contribution in [1.82, 2.24) is 4.90 Å². The summed E-state index contributed by atoms with van der Waals surface area (Å²) in [4.78, 5) is 51.9. The molecule has 1 amide bonds. The van der Waals surface area contributed by atoms with Crippen molar-refractivity contribution in [2.45, 2.75) is 79.2 Å². The van der Waals surface area contributed by atoms with Crippen molar-refractivity contribution < 1.29 is 33.4 Å². The van der Waals surface area contributed by atoms with Gasteiger partial charge >= 0.3 is 17.9 Å². The van der Waals surface area contributed by atoms with Gasteiger partial charge in [-0.15, -0.1) is 0 Å². The predicted octanol–water partition coefficient (Wildman–Crippen LogP) is 4.28. The van der Waals surface area contributed by atoms with Gasteiger partial charge in [0.25, 0.3) is 0 Å². The number of cyclic esters (lactones) is 1. The molecule has 0 spiro atoms. The van der Waals surface area contributed by atoms with Crippen LogP contribution in [-0.2, 0) is 39.8 Å². The van der Waals surface area contributed by atoms with E-state index in [1.165, 1.54) is 24.8 Å². The lowest BCUT2D eigenvalue weighted by atomic mass is 9.86. The summed E-state index contributed by atoms with van der Waals surface area (Å²) < 4.78 is 17.2. The van der Waals surface area contributed by atoms with Crippen LogP contribution in [-0.4, -0.2) is 60.1 Å². The third kappa shape index (κ3) is 8.57. The van der Waals surface area contributed by atoms with Gasteiger partial charge in [-0.05, 0) is 31.1 Å². The lowest BCUT2D eigenvalue weighted by molar-refractivity contribution is -0.165. The zero-order valence-corrected chi connectivity index (χ0v) is 23.7. The van der Waals surface area contributed by atoms with E-state index in [1.807, 2.05) is 64.1 Å². The van der Waals surface area contributed by atoms with Crippen molar-refractivity contribution in [3.05, 3.63) is 59.7 Å². The molecule has 8 nitrogen and oxygen atoms in total. The molecule has 7 atom stereocenters. The van der Waals surface area contributed by atoms with Gasteiger partial charge in [0.05, 0.1) is 0 Å². The second-order valence-corrected chi connectivity index (χ2v) is 10.2. The Morgan fingerprint density at radius 2 is 1.55 bits per heavy atom. The van der Waals surface area contributed by atoms with E-state index in [0.29, 0.717) is 0 Å². The molecule has 0 saturated carbocycles. The van der Waals surface area contributed by atoms with Crippen LogP contribution in [0.5, 0.6) is 0 Å². The maximum atomic E-state index is 13.5. The second-order valence-electron chi connectivity index (χ2n) is 10.2. The minimum absolute atomic E-state index is 0.271. The zero-order chi connectivity index (χ0) is 28.6. The number of benzene rings is 1. The molecular formula is C30H41NO7. The summed E-state index contributed by atoms with van der Waals surface area (Å²) in [7, 11) is 1.57. The predicted molar refractivity (Wildman–Crippen MR) is 144 cm³/mol. The fraction of sp³-hybridized carbons (Fsp3) is 0.533. The van der Waals surface area contributed by atoms with Crippen LogP contribution in [0.15, 0.2) is 54.1 Å². The van der Waals surface area contributed by atoms with Gasteiger partial charge in [0.1, 0.15) is 24.4 Å². The molecule has 1 aromatic carbocycles. The SMILES string of the molecule is CC(=O)OC1/C(C)=C\[C@H](C)[C@@H](OC(C)=O)[C@@H](C)[C@H](C)OC(=O)C(Cc2ccccc2)N(C)C(=O)/C=C\[C@@H]1C. The number of nitrogens with zero attached hydrogens (tertiary/aromatic N) is 1. The smallest absolute Gasteiger partial charge is 0.329 e. The fourth-order valence-corrected chi connectivity index (χ4v) is 4.74. The Balaban J connectivity index is 2.57. The van der Waals surface area contributed by atoms with Gasteiger partial charge in [-0.2, -0.15) is 0 Å². The monoisotopic (exact) mass is 527 g/mol. The van der Waals surface area contributed by atoms with E-state index in [1.54, 1.807) is 20.0 Å². The van der Waals surface area contributed by atoms with Gasteiger partial charge in [0, 0.05) is 45.1 Å². The molecule has 0 aliphatic carbocycles. The summed E-state index contributed by atoms with van der Waals surface area (Å²) in [6.45, 7) is 11.9. The normalized spacial score (nSPS) is 31.6. The quantitative estimate of drug-likeness (QED) is 0.327. The Morgan fingerprint density at radius 3 is 2.13 bits per heavy atom. The Bertz CT molecular complexity index is 1050. The first-order chi connectivity index (χ1) is 17.8. The molecule has 0 saturated heterocycles. The first kappa shape index (κ1) is 30.8. The molecule has 0 bridgehead atoms. The van der Waals surface area contributed by atoms with Crippen molar-refractivity contribution >= 4 is 23.8 Å². The molecule has 1 heterocycles. The highest BCUT2D eigenvalue weighted by Crippen LogP contribution is 2.28. The number of hydrogen-bond donors (Lipinski definition) is 0. The molecule has 2 rings (SSSR count). The van der Waals surface area contributed by atoms with E-state index in [9.17, 15) is 19.2 Å². The van der Waals surface area contributed by atoms with Crippen molar-refractivity contribution in [1.29, 1.82) is 0 Å². The number of ether oxygens (including phenoxy) is 3. The minimum Gasteiger partial charge on any atom is -0.462 e. The second kappa shape index (κ2) is 13.9. The summed E-state index contributed by atoms with van der Waals surface area (Å²) in [5, 5.41) is 0. The molecular weight excluding hydrogens is 486 g/mol. The van der Waals surface area contributed by atoms with E-state index in [0.717, 1.165) is 11.1 Å². The lowest BCUT2D eigenvalue weighted by Crippen LogP contribution is -2.46. The highest BCUT2D eigenvalue weighted by molar-refractivity contribution is 5.91. The Kier molecular flexibility index (Phi) is 11.3. The Morgan fingerprint density at radius 1 is 0.947 bits per heavy atom. The van der Waals surface area contributed by atoms with Crippen LogP contribution in [0.1, 0.15) is 54.0 Å². The number of amides is 1. The van der Waals surface area contributed by atoms with Gasteiger partial charge in [-0.25, -0.2) is 4.79 Å². The summed E-state index contributed by atoms with van der Waals surface area (Å²) >= 11 is 0. The van der Waals surface area contributed by atoms with E-state index < -0.39 is 42.3 Å². The minimum atomic E-state index is -0.877. The molecule has 1 aliphatic rings. The maximum absolute atomic E-state index is 13.5. The molecule has 1 aromatic rings. The summed E-state index contributed by atoms with van der Waals surface area (Å²) in [6, 6.07) is 8.53. The Labute approximate surface area is 226 Å². The van der Waals surface area contributed by atoms with E-state index in [2.05, 4.69) is 0 Å². The van der Waals surface area contributed by atoms with Crippen LogP contribution < -0.4 is 0 Å². The number of rotatable bonds is 4. The third-order valence-corrected chi connectivity index (χ3v) is 7.03. The maximum Gasteiger partial charge on any atom is 0.329 e. The number of carbonyl (C=O) groups excluding carboxylic acids is 4. The van der Waals surface area contributed by atoms with Gasteiger partial charge in [-0.3, -0.25) is 14.4 Å². The molecule has 2 unspecified atom stereocenters. The molecule has 38 heavy (non-hydrogen) atoms. The van der Waals surface area contributed by atoms with Gasteiger partial charge in [0.2, 0.25) is 5.91 Å². The van der Waals surface area contributed by atoms with Crippen LogP contribution in [0.4, 0.5) is 0 Å². The number of esters is 3. The number of likely N-dealkylation sites (N-methyl/N-ethyl adjacent to an activating group) is 1. The first-order valence-electron chi connectivity index (χ1n) is 13.0. The van der Waals surface area contributed by atoms with Gasteiger partial charge in [0.15, 0.2) is 0 Å². The van der Waals surface area contributed by atoms with Crippen LogP contribution in [0.2, 0.25) is 0 Å². The van der Waals surface area contributed by atoms with Crippen LogP contribution in [0.3, 0.4) is 0 Å². The fourth-order valence-electron chi connectivity index (χ4n) is 4.74. The van der Waals surface area contributed by atoms with Gasteiger partial charge < -0.3 is 19.1 Å². The van der Waals surface area contributed by atoms with E-state index in [4.69, 9.17) is 14.2 Å². The molecule has 0 fully saturated rings. The summed E-state index contributed by atoms with van der Waals surface area (Å²) in [5.74, 6) is -2.80. The standard InChI is InChI=1S/C30H41NO7/c1-18-14-15-27(34)31(8)26(17-25-12-10-9-11-13-25)30(35)36-22(5)21(4)29(38-24(7)33)20(3)16-19(2)28(18)37-23(6)32/h9-16,18,20-22,26,28-29H,17H2,1-8H3/b15-14-,19-16-/t18-,20-,21-,22-,26?,28?,29+/m0/s1. The van der Waals surface area contributed by atoms with Gasteiger partial charge in [-0.1, -0.05) is 63.3 Å².